The van der Waals surface area contributed by atoms with Gasteiger partial charge in [-0.1, -0.05) is 0 Å². The van der Waals surface area contributed by atoms with Crippen molar-refractivity contribution in [1.82, 2.24) is 4.90 Å². The van der Waals surface area contributed by atoms with Crippen LogP contribution in [0.1, 0.15) is 40.5 Å². The zero-order chi connectivity index (χ0) is 8.65. The van der Waals surface area contributed by atoms with Gasteiger partial charge in [-0.25, -0.2) is 0 Å². The molecule has 0 radical (unpaired) electrons. The monoisotopic (exact) mass is 155 g/mol. The van der Waals surface area contributed by atoms with Crippen LogP contribution in [0, 0.1) is 0 Å². The molecule has 1 saturated carbocycles. The smallest absolute Gasteiger partial charge is 0.220 e. The van der Waals surface area contributed by atoms with Gasteiger partial charge in [-0.15, -0.1) is 0 Å². The molecule has 1 aliphatic rings. The first kappa shape index (κ1) is 8.57. The Morgan fingerprint density at radius 1 is 1.36 bits per heavy atom. The average molecular weight is 155 g/mol. The summed E-state index contributed by atoms with van der Waals surface area (Å²) >= 11 is 0. The highest BCUT2D eigenvalue weighted by Crippen LogP contribution is 2.32. The van der Waals surface area contributed by atoms with E-state index >= 15 is 0 Å². The van der Waals surface area contributed by atoms with Crippen molar-refractivity contribution in [3.63, 3.8) is 0 Å². The Balaban J connectivity index is 2.66. The molecule has 1 rings (SSSR count). The third kappa shape index (κ3) is 1.95. The summed E-state index contributed by atoms with van der Waals surface area (Å²) in [5.41, 5.74) is 0.00694. The first-order chi connectivity index (χ1) is 4.93. The molecule has 11 heavy (non-hydrogen) atoms. The largest absolute Gasteiger partial charge is 0.335 e. The summed E-state index contributed by atoms with van der Waals surface area (Å²) in [7, 11) is 0. The molecule has 2 heteroatoms. The summed E-state index contributed by atoms with van der Waals surface area (Å²) in [6.45, 7) is 7.93. The highest BCUT2D eigenvalue weighted by atomic mass is 16.2. The molecule has 1 amide bonds. The van der Waals surface area contributed by atoms with Crippen LogP contribution < -0.4 is 0 Å². The third-order valence-electron chi connectivity index (χ3n) is 1.97. The fraction of sp³-hybridized carbons (Fsp3) is 0.889. The molecule has 0 N–H and O–H groups in total. The maximum atomic E-state index is 11.2. The maximum absolute atomic E-state index is 11.2. The number of amides is 1. The van der Waals surface area contributed by atoms with Crippen molar-refractivity contribution in [2.24, 2.45) is 0 Å². The van der Waals surface area contributed by atoms with E-state index < -0.39 is 0 Å². The van der Waals surface area contributed by atoms with Crippen molar-refractivity contribution < 1.29 is 4.79 Å². The quantitative estimate of drug-likeness (QED) is 0.565. The third-order valence-corrected chi connectivity index (χ3v) is 1.97. The lowest BCUT2D eigenvalue weighted by molar-refractivity contribution is -0.134. The van der Waals surface area contributed by atoms with Crippen molar-refractivity contribution >= 4 is 5.91 Å². The molecule has 0 unspecified atom stereocenters. The van der Waals surface area contributed by atoms with E-state index in [4.69, 9.17) is 0 Å². The molecule has 0 aromatic rings. The van der Waals surface area contributed by atoms with Gasteiger partial charge in [0, 0.05) is 18.5 Å². The summed E-state index contributed by atoms with van der Waals surface area (Å²) in [4.78, 5) is 13.2. The molecular formula is C9H17NO. The minimum absolute atomic E-state index is 0.00694. The molecule has 0 aliphatic heterocycles. The molecule has 0 aromatic carbocycles. The minimum Gasteiger partial charge on any atom is -0.335 e. The topological polar surface area (TPSA) is 20.3 Å². The van der Waals surface area contributed by atoms with Crippen molar-refractivity contribution in [2.45, 2.75) is 52.1 Å². The number of nitrogens with zero attached hydrogens (tertiary/aromatic N) is 1. The first-order valence-corrected chi connectivity index (χ1v) is 4.23. The number of hydrogen-bond donors (Lipinski definition) is 0. The van der Waals surface area contributed by atoms with Gasteiger partial charge in [0.05, 0.1) is 0 Å². The van der Waals surface area contributed by atoms with Crippen LogP contribution in [0.3, 0.4) is 0 Å². The van der Waals surface area contributed by atoms with E-state index in [1.54, 1.807) is 6.92 Å². The van der Waals surface area contributed by atoms with E-state index in [-0.39, 0.29) is 11.4 Å². The van der Waals surface area contributed by atoms with Crippen LogP contribution in [-0.4, -0.2) is 22.4 Å². The molecule has 0 heterocycles. The summed E-state index contributed by atoms with van der Waals surface area (Å²) in [5.74, 6) is 0.208. The van der Waals surface area contributed by atoms with E-state index in [0.29, 0.717) is 6.04 Å². The number of hydrogen-bond acceptors (Lipinski definition) is 1. The Bertz CT molecular complexity index is 165. The van der Waals surface area contributed by atoms with E-state index in [1.165, 1.54) is 12.8 Å². The predicted molar refractivity (Wildman–Crippen MR) is 45.3 cm³/mol. The Hall–Kier alpha value is -0.530. The molecule has 1 aliphatic carbocycles. The second kappa shape index (κ2) is 2.50. The number of rotatable bonds is 1. The molecule has 0 bridgehead atoms. The zero-order valence-electron chi connectivity index (χ0n) is 7.85. The maximum Gasteiger partial charge on any atom is 0.220 e. The number of carbonyl (C=O) groups is 1. The van der Waals surface area contributed by atoms with Crippen LogP contribution in [0.2, 0.25) is 0 Å². The lowest BCUT2D eigenvalue weighted by Crippen LogP contribution is -2.45. The second-order valence-electron chi connectivity index (χ2n) is 4.29. The fourth-order valence-electron chi connectivity index (χ4n) is 1.61. The highest BCUT2D eigenvalue weighted by Gasteiger charge is 2.37. The predicted octanol–water partition coefficient (Wildman–Crippen LogP) is 1.80. The number of carbonyl (C=O) groups excluding carboxylic acids is 1. The van der Waals surface area contributed by atoms with Gasteiger partial charge in [0.25, 0.3) is 0 Å². The Labute approximate surface area is 68.6 Å². The molecular weight excluding hydrogens is 138 g/mol. The highest BCUT2D eigenvalue weighted by molar-refractivity contribution is 5.74. The molecule has 2 nitrogen and oxygen atoms in total. The van der Waals surface area contributed by atoms with E-state index in [2.05, 4.69) is 20.8 Å². The van der Waals surface area contributed by atoms with Gasteiger partial charge < -0.3 is 4.90 Å². The van der Waals surface area contributed by atoms with Crippen molar-refractivity contribution in [3.8, 4) is 0 Å². The molecule has 1 fully saturated rings. The normalized spacial score (nSPS) is 18.2. The van der Waals surface area contributed by atoms with E-state index in [9.17, 15) is 4.79 Å². The Morgan fingerprint density at radius 3 is 1.91 bits per heavy atom. The lowest BCUT2D eigenvalue weighted by atomic mass is 10.1. The van der Waals surface area contributed by atoms with Crippen LogP contribution in [0.4, 0.5) is 0 Å². The minimum atomic E-state index is 0.00694. The molecule has 0 aromatic heterocycles. The summed E-state index contributed by atoms with van der Waals surface area (Å²) in [6.07, 6.45) is 2.38. The van der Waals surface area contributed by atoms with Gasteiger partial charge in [-0.05, 0) is 33.6 Å². The fourth-order valence-corrected chi connectivity index (χ4v) is 1.61. The average Bonchev–Trinajstić information content (AvgIpc) is 2.42. The van der Waals surface area contributed by atoms with Crippen LogP contribution in [0.5, 0.6) is 0 Å². The molecule has 64 valence electrons. The van der Waals surface area contributed by atoms with Gasteiger partial charge >= 0.3 is 0 Å². The van der Waals surface area contributed by atoms with Gasteiger partial charge in [0.2, 0.25) is 5.91 Å². The van der Waals surface area contributed by atoms with E-state index in [0.717, 1.165) is 0 Å². The Morgan fingerprint density at radius 2 is 1.82 bits per heavy atom. The summed E-state index contributed by atoms with van der Waals surface area (Å²) in [5, 5.41) is 0. The van der Waals surface area contributed by atoms with Crippen molar-refractivity contribution in [2.75, 3.05) is 0 Å². The van der Waals surface area contributed by atoms with Crippen LogP contribution >= 0.6 is 0 Å². The van der Waals surface area contributed by atoms with Gasteiger partial charge in [-0.2, -0.15) is 0 Å². The zero-order valence-corrected chi connectivity index (χ0v) is 7.85. The van der Waals surface area contributed by atoms with Crippen molar-refractivity contribution in [1.29, 1.82) is 0 Å². The van der Waals surface area contributed by atoms with Gasteiger partial charge in [0.15, 0.2) is 0 Å². The first-order valence-electron chi connectivity index (χ1n) is 4.23. The van der Waals surface area contributed by atoms with Gasteiger partial charge in [-0.3, -0.25) is 4.79 Å². The van der Waals surface area contributed by atoms with Crippen LogP contribution in [0.15, 0.2) is 0 Å². The van der Waals surface area contributed by atoms with Crippen LogP contribution in [-0.2, 0) is 4.79 Å². The standard InChI is InChI=1S/C9H17NO/c1-7(11)10(8-5-6-8)9(2,3)4/h8H,5-6H2,1-4H3. The molecule has 0 atom stereocenters. The van der Waals surface area contributed by atoms with Crippen molar-refractivity contribution in [3.05, 3.63) is 0 Å². The summed E-state index contributed by atoms with van der Waals surface area (Å²) < 4.78 is 0. The molecule has 0 saturated heterocycles. The second-order valence-corrected chi connectivity index (χ2v) is 4.29. The lowest BCUT2D eigenvalue weighted by Gasteiger charge is -2.35. The Kier molecular flexibility index (Phi) is 1.95. The summed E-state index contributed by atoms with van der Waals surface area (Å²) in [6, 6.07) is 0.535. The van der Waals surface area contributed by atoms with Crippen LogP contribution in [0.25, 0.3) is 0 Å². The van der Waals surface area contributed by atoms with Gasteiger partial charge in [0.1, 0.15) is 0 Å². The SMILES string of the molecule is CC(=O)N(C1CC1)C(C)(C)C. The van der Waals surface area contributed by atoms with E-state index in [1.807, 2.05) is 4.90 Å². The molecule has 0 spiro atoms.